The molecule has 0 atom stereocenters. The maximum Gasteiger partial charge on any atom is 0.161 e. The fraction of sp³-hybridized carbons (Fsp3) is 0.188. The second-order valence-corrected chi connectivity index (χ2v) is 4.72. The smallest absolute Gasteiger partial charge is 0.161 e. The molecule has 110 valence electrons. The van der Waals surface area contributed by atoms with Gasteiger partial charge in [-0.2, -0.15) is 0 Å². The van der Waals surface area contributed by atoms with Crippen LogP contribution in [-0.2, 0) is 6.61 Å². The molecule has 0 saturated heterocycles. The summed E-state index contributed by atoms with van der Waals surface area (Å²) in [6.45, 7) is 2.28. The Kier molecular flexibility index (Phi) is 5.17. The lowest BCUT2D eigenvalue weighted by atomic mass is 10.2. The molecule has 0 N–H and O–H groups in total. The minimum Gasteiger partial charge on any atom is -0.490 e. The third-order valence-corrected chi connectivity index (χ3v) is 3.03. The molecule has 2 aromatic carbocycles. The Balaban J connectivity index is 2.19. The topological polar surface area (TPSA) is 35.5 Å². The Morgan fingerprint density at radius 2 is 1.95 bits per heavy atom. The lowest BCUT2D eigenvalue weighted by molar-refractivity contribution is 0.112. The first-order valence-electron chi connectivity index (χ1n) is 6.42. The van der Waals surface area contributed by atoms with Crippen molar-refractivity contribution in [3.63, 3.8) is 0 Å². The summed E-state index contributed by atoms with van der Waals surface area (Å²) in [7, 11) is 0. The second-order valence-electron chi connectivity index (χ2n) is 4.28. The summed E-state index contributed by atoms with van der Waals surface area (Å²) >= 11 is 5.83. The molecule has 3 nitrogen and oxygen atoms in total. The Morgan fingerprint density at radius 3 is 2.67 bits per heavy atom. The highest BCUT2D eigenvalue weighted by Gasteiger charge is 2.09. The maximum absolute atomic E-state index is 13.6. The van der Waals surface area contributed by atoms with E-state index in [2.05, 4.69) is 0 Å². The Labute approximate surface area is 127 Å². The summed E-state index contributed by atoms with van der Waals surface area (Å²) in [5, 5.41) is 0.441. The van der Waals surface area contributed by atoms with E-state index in [4.69, 9.17) is 21.1 Å². The Morgan fingerprint density at radius 1 is 1.14 bits per heavy atom. The highest BCUT2D eigenvalue weighted by Crippen LogP contribution is 2.29. The van der Waals surface area contributed by atoms with Crippen molar-refractivity contribution in [3.05, 3.63) is 58.4 Å². The maximum atomic E-state index is 13.6. The van der Waals surface area contributed by atoms with Crippen molar-refractivity contribution in [1.29, 1.82) is 0 Å². The van der Waals surface area contributed by atoms with Gasteiger partial charge in [0.1, 0.15) is 18.7 Å². The largest absolute Gasteiger partial charge is 0.490 e. The third kappa shape index (κ3) is 3.95. The van der Waals surface area contributed by atoms with Crippen molar-refractivity contribution in [2.45, 2.75) is 13.5 Å². The zero-order chi connectivity index (χ0) is 15.2. The van der Waals surface area contributed by atoms with Crippen LogP contribution in [0.3, 0.4) is 0 Å². The van der Waals surface area contributed by atoms with Gasteiger partial charge in [-0.3, -0.25) is 4.79 Å². The molecule has 0 unspecified atom stereocenters. The molecule has 2 rings (SSSR count). The molecule has 0 amide bonds. The number of benzene rings is 2. The van der Waals surface area contributed by atoms with E-state index in [0.717, 1.165) is 6.29 Å². The van der Waals surface area contributed by atoms with E-state index >= 15 is 0 Å². The van der Waals surface area contributed by atoms with Crippen molar-refractivity contribution in [3.8, 4) is 11.5 Å². The van der Waals surface area contributed by atoms with E-state index < -0.39 is 0 Å². The first kappa shape index (κ1) is 15.3. The molecule has 0 saturated carbocycles. The summed E-state index contributed by atoms with van der Waals surface area (Å²) < 4.78 is 24.6. The van der Waals surface area contributed by atoms with Gasteiger partial charge in [-0.25, -0.2) is 4.39 Å². The lowest BCUT2D eigenvalue weighted by Gasteiger charge is -2.12. The van der Waals surface area contributed by atoms with Crippen LogP contribution in [0.4, 0.5) is 4.39 Å². The molecule has 0 heterocycles. The quantitative estimate of drug-likeness (QED) is 0.748. The van der Waals surface area contributed by atoms with E-state index in [0.29, 0.717) is 34.3 Å². The summed E-state index contributed by atoms with van der Waals surface area (Å²) in [5.41, 5.74) is 0.837. The fourth-order valence-corrected chi connectivity index (χ4v) is 1.99. The van der Waals surface area contributed by atoms with Crippen molar-refractivity contribution in [2.24, 2.45) is 0 Å². The molecule has 0 radical (unpaired) electrons. The zero-order valence-corrected chi connectivity index (χ0v) is 12.2. The van der Waals surface area contributed by atoms with E-state index in [1.807, 2.05) is 6.92 Å². The van der Waals surface area contributed by atoms with E-state index in [-0.39, 0.29) is 12.4 Å². The van der Waals surface area contributed by atoms with Gasteiger partial charge in [-0.1, -0.05) is 11.6 Å². The number of hydrogen-bond donors (Lipinski definition) is 0. The highest BCUT2D eigenvalue weighted by atomic mass is 35.5. The van der Waals surface area contributed by atoms with E-state index in [1.165, 1.54) is 18.2 Å². The minimum absolute atomic E-state index is 0.0207. The van der Waals surface area contributed by atoms with Gasteiger partial charge >= 0.3 is 0 Å². The lowest BCUT2D eigenvalue weighted by Crippen LogP contribution is -2.02. The standard InChI is InChI=1S/C16H14ClFO3/c1-2-20-16-7-11(9-19)3-6-15(16)21-10-12-8-13(17)4-5-14(12)18/h3-9H,2,10H2,1H3. The molecule has 21 heavy (non-hydrogen) atoms. The normalized spacial score (nSPS) is 10.2. The number of carbonyl (C=O) groups is 1. The fourth-order valence-electron chi connectivity index (χ4n) is 1.79. The zero-order valence-electron chi connectivity index (χ0n) is 11.4. The average Bonchev–Trinajstić information content (AvgIpc) is 2.49. The van der Waals surface area contributed by atoms with Crippen molar-refractivity contribution < 1.29 is 18.7 Å². The highest BCUT2D eigenvalue weighted by molar-refractivity contribution is 6.30. The monoisotopic (exact) mass is 308 g/mol. The van der Waals surface area contributed by atoms with Crippen LogP contribution < -0.4 is 9.47 Å². The SMILES string of the molecule is CCOc1cc(C=O)ccc1OCc1cc(Cl)ccc1F. The number of carbonyl (C=O) groups excluding carboxylic acids is 1. The van der Waals surface area contributed by atoms with Crippen molar-refractivity contribution >= 4 is 17.9 Å². The molecule has 5 heteroatoms. The predicted molar refractivity (Wildman–Crippen MR) is 78.7 cm³/mol. The Bertz CT molecular complexity index is 643. The van der Waals surface area contributed by atoms with Crippen LogP contribution >= 0.6 is 11.6 Å². The molecule has 0 aliphatic rings. The molecule has 0 fully saturated rings. The van der Waals surface area contributed by atoms with Crippen molar-refractivity contribution in [2.75, 3.05) is 6.61 Å². The van der Waals surface area contributed by atoms with E-state index in [9.17, 15) is 9.18 Å². The number of hydrogen-bond acceptors (Lipinski definition) is 3. The van der Waals surface area contributed by atoms with Crippen LogP contribution in [-0.4, -0.2) is 12.9 Å². The average molecular weight is 309 g/mol. The molecule has 0 aliphatic carbocycles. The van der Waals surface area contributed by atoms with E-state index in [1.54, 1.807) is 18.2 Å². The van der Waals surface area contributed by atoms with Crippen LogP contribution in [0.25, 0.3) is 0 Å². The number of rotatable bonds is 6. The predicted octanol–water partition coefficient (Wildman–Crippen LogP) is 4.27. The van der Waals surface area contributed by atoms with Gasteiger partial charge < -0.3 is 9.47 Å². The van der Waals surface area contributed by atoms with Gasteiger partial charge in [-0.15, -0.1) is 0 Å². The van der Waals surface area contributed by atoms with Gasteiger partial charge in [0.15, 0.2) is 11.5 Å². The number of ether oxygens (including phenoxy) is 2. The Hall–Kier alpha value is -2.07. The van der Waals surface area contributed by atoms with Crippen LogP contribution in [0, 0.1) is 5.82 Å². The molecule has 2 aromatic rings. The van der Waals surface area contributed by atoms with Gasteiger partial charge in [0.2, 0.25) is 0 Å². The van der Waals surface area contributed by atoms with Gasteiger partial charge in [-0.05, 0) is 43.3 Å². The van der Waals surface area contributed by atoms with Crippen LogP contribution in [0.15, 0.2) is 36.4 Å². The van der Waals surface area contributed by atoms with Gasteiger partial charge in [0, 0.05) is 16.1 Å². The molecule has 0 aromatic heterocycles. The third-order valence-electron chi connectivity index (χ3n) is 2.79. The van der Waals surface area contributed by atoms with Crippen LogP contribution in [0.1, 0.15) is 22.8 Å². The minimum atomic E-state index is -0.387. The first-order chi connectivity index (χ1) is 10.1. The van der Waals surface area contributed by atoms with Gasteiger partial charge in [0.25, 0.3) is 0 Å². The van der Waals surface area contributed by atoms with Crippen LogP contribution in [0.5, 0.6) is 11.5 Å². The molecule has 0 spiro atoms. The molecular weight excluding hydrogens is 295 g/mol. The van der Waals surface area contributed by atoms with Gasteiger partial charge in [0.05, 0.1) is 6.61 Å². The second kappa shape index (κ2) is 7.09. The summed E-state index contributed by atoms with van der Waals surface area (Å²) in [4.78, 5) is 10.8. The molecule has 0 bridgehead atoms. The summed E-state index contributed by atoms with van der Waals surface area (Å²) in [6.07, 6.45) is 0.725. The van der Waals surface area contributed by atoms with Crippen molar-refractivity contribution in [1.82, 2.24) is 0 Å². The first-order valence-corrected chi connectivity index (χ1v) is 6.80. The van der Waals surface area contributed by atoms with Crippen LogP contribution in [0.2, 0.25) is 5.02 Å². The number of aldehydes is 1. The summed E-state index contributed by atoms with van der Waals surface area (Å²) in [5.74, 6) is 0.508. The summed E-state index contributed by atoms with van der Waals surface area (Å²) in [6, 6.07) is 9.10. The molecular formula is C16H14ClFO3. The molecule has 0 aliphatic heterocycles. The number of halogens is 2.